The maximum Gasteiger partial charge on any atom is 0.228 e. The smallest absolute Gasteiger partial charge is 0.228 e. The lowest BCUT2D eigenvalue weighted by atomic mass is 10.1. The zero-order valence-corrected chi connectivity index (χ0v) is 14.9. The molecule has 3 rings (SSSR count). The van der Waals surface area contributed by atoms with E-state index in [1.54, 1.807) is 42.4 Å². The molecule has 0 saturated carbocycles. The van der Waals surface area contributed by atoms with E-state index in [1.807, 2.05) is 12.1 Å². The Balaban J connectivity index is 1.58. The number of carbonyl (C=O) groups excluding carboxylic acids is 2. The van der Waals surface area contributed by atoms with Crippen LogP contribution in [0.15, 0.2) is 35.1 Å². The number of rotatable bonds is 7. The summed E-state index contributed by atoms with van der Waals surface area (Å²) in [5, 5.41) is 4.02. The normalized spacial score (nSPS) is 16.9. The van der Waals surface area contributed by atoms with Crippen LogP contribution in [0.2, 0.25) is 0 Å². The van der Waals surface area contributed by atoms with Crippen LogP contribution in [0.1, 0.15) is 12.2 Å². The van der Waals surface area contributed by atoms with E-state index in [1.165, 1.54) is 0 Å². The molecule has 0 radical (unpaired) electrons. The highest BCUT2D eigenvalue weighted by molar-refractivity contribution is 5.89. The fraction of sp³-hybridized carbons (Fsp3) is 0.444. The van der Waals surface area contributed by atoms with Gasteiger partial charge >= 0.3 is 0 Å². The van der Waals surface area contributed by atoms with Crippen LogP contribution in [0.5, 0.6) is 0 Å². The summed E-state index contributed by atoms with van der Waals surface area (Å²) in [6, 6.07) is 5.51. The molecule has 8 nitrogen and oxygen atoms in total. The van der Waals surface area contributed by atoms with Crippen molar-refractivity contribution in [3.8, 4) is 11.3 Å². The Bertz CT molecular complexity index is 762. The van der Waals surface area contributed by atoms with E-state index < -0.39 is 0 Å². The van der Waals surface area contributed by atoms with Crippen LogP contribution >= 0.6 is 0 Å². The topological polar surface area (TPSA) is 88.8 Å². The molecule has 1 fully saturated rings. The minimum absolute atomic E-state index is 0.00710. The Labute approximate surface area is 151 Å². The van der Waals surface area contributed by atoms with Gasteiger partial charge in [0.1, 0.15) is 5.69 Å². The van der Waals surface area contributed by atoms with Gasteiger partial charge in [0, 0.05) is 57.7 Å². The fourth-order valence-electron chi connectivity index (χ4n) is 3.02. The molecule has 0 bridgehead atoms. The van der Waals surface area contributed by atoms with Crippen molar-refractivity contribution in [1.82, 2.24) is 19.9 Å². The number of likely N-dealkylation sites (tertiary alicyclic amines) is 1. The second kappa shape index (κ2) is 8.09. The van der Waals surface area contributed by atoms with Gasteiger partial charge in [0.15, 0.2) is 5.76 Å². The third kappa shape index (κ3) is 4.08. The number of pyridine rings is 1. The van der Waals surface area contributed by atoms with Gasteiger partial charge in [-0.2, -0.15) is 0 Å². The molecule has 2 aromatic rings. The third-order valence-electron chi connectivity index (χ3n) is 4.41. The zero-order valence-electron chi connectivity index (χ0n) is 14.9. The number of methoxy groups -OCH3 is 1. The molecule has 2 aromatic heterocycles. The number of hydrogen-bond donors (Lipinski definition) is 0. The highest BCUT2D eigenvalue weighted by atomic mass is 16.5. The lowest BCUT2D eigenvalue weighted by molar-refractivity contribution is -0.135. The van der Waals surface area contributed by atoms with Crippen molar-refractivity contribution < 1.29 is 18.8 Å². The average molecular weight is 358 g/mol. The summed E-state index contributed by atoms with van der Waals surface area (Å²) in [5.41, 5.74) is 1.53. The molecule has 0 aromatic carbocycles. The number of amides is 2. The first kappa shape index (κ1) is 18.1. The molecule has 2 amide bonds. The van der Waals surface area contributed by atoms with Gasteiger partial charge in [-0.15, -0.1) is 0 Å². The van der Waals surface area contributed by atoms with Gasteiger partial charge < -0.3 is 19.1 Å². The van der Waals surface area contributed by atoms with Gasteiger partial charge in [-0.25, -0.2) is 0 Å². The van der Waals surface area contributed by atoms with Gasteiger partial charge in [-0.3, -0.25) is 14.6 Å². The van der Waals surface area contributed by atoms with Gasteiger partial charge in [-0.1, -0.05) is 5.16 Å². The number of hydrogen-bond acceptors (Lipinski definition) is 6. The Morgan fingerprint density at radius 1 is 1.50 bits per heavy atom. The van der Waals surface area contributed by atoms with Crippen LogP contribution in [0.25, 0.3) is 11.3 Å². The van der Waals surface area contributed by atoms with Crippen LogP contribution in [-0.4, -0.2) is 65.6 Å². The molecule has 3 heterocycles. The lowest BCUT2D eigenvalue weighted by Crippen LogP contribution is -2.35. The summed E-state index contributed by atoms with van der Waals surface area (Å²) in [5.74, 6) is 0.176. The number of aromatic nitrogens is 2. The minimum Gasteiger partial charge on any atom is -0.383 e. The summed E-state index contributed by atoms with van der Waals surface area (Å²) in [7, 11) is 3.30. The molecule has 0 unspecified atom stereocenters. The molecule has 0 aliphatic carbocycles. The van der Waals surface area contributed by atoms with E-state index in [4.69, 9.17) is 9.26 Å². The van der Waals surface area contributed by atoms with Crippen LogP contribution in [0, 0.1) is 5.92 Å². The Morgan fingerprint density at radius 3 is 3.08 bits per heavy atom. The summed E-state index contributed by atoms with van der Waals surface area (Å²) in [6.45, 7) is 1.72. The van der Waals surface area contributed by atoms with E-state index in [0.717, 1.165) is 5.56 Å². The highest BCUT2D eigenvalue weighted by Crippen LogP contribution is 2.22. The van der Waals surface area contributed by atoms with Crippen LogP contribution < -0.4 is 0 Å². The standard InChI is InChI=1S/C18H22N4O4/c1-21(18(24)14-8-17(23)22(11-14)6-7-25-2)12-15-9-16(20-26-15)13-4-3-5-19-10-13/h3-5,9-10,14H,6-8,11-12H2,1-2H3/t14-/m1/s1. The molecule has 1 aliphatic heterocycles. The van der Waals surface area contributed by atoms with Crippen molar-refractivity contribution in [2.75, 3.05) is 33.9 Å². The first-order valence-electron chi connectivity index (χ1n) is 8.46. The average Bonchev–Trinajstić information content (AvgIpc) is 3.27. The predicted octanol–water partition coefficient (Wildman–Crippen LogP) is 1.19. The van der Waals surface area contributed by atoms with Gasteiger partial charge in [0.05, 0.1) is 19.1 Å². The Hall–Kier alpha value is -2.74. The van der Waals surface area contributed by atoms with Crippen molar-refractivity contribution in [2.24, 2.45) is 5.92 Å². The summed E-state index contributed by atoms with van der Waals surface area (Å²) < 4.78 is 10.3. The predicted molar refractivity (Wildman–Crippen MR) is 92.8 cm³/mol. The molecule has 1 saturated heterocycles. The molecule has 1 aliphatic rings. The first-order valence-corrected chi connectivity index (χ1v) is 8.46. The fourth-order valence-corrected chi connectivity index (χ4v) is 3.02. The molecule has 138 valence electrons. The van der Waals surface area contributed by atoms with Crippen LogP contribution in [-0.2, 0) is 20.9 Å². The monoisotopic (exact) mass is 358 g/mol. The van der Waals surface area contributed by atoms with Gasteiger partial charge in [-0.05, 0) is 12.1 Å². The van der Waals surface area contributed by atoms with E-state index in [9.17, 15) is 9.59 Å². The molecule has 0 N–H and O–H groups in total. The second-order valence-corrected chi connectivity index (χ2v) is 6.35. The number of nitrogens with zero attached hydrogens (tertiary/aromatic N) is 4. The summed E-state index contributed by atoms with van der Waals surface area (Å²) >= 11 is 0. The van der Waals surface area contributed by atoms with Crippen LogP contribution in [0.4, 0.5) is 0 Å². The highest BCUT2D eigenvalue weighted by Gasteiger charge is 2.35. The molecule has 8 heteroatoms. The van der Waals surface area contributed by atoms with Crippen molar-refractivity contribution in [2.45, 2.75) is 13.0 Å². The molecule has 26 heavy (non-hydrogen) atoms. The van der Waals surface area contributed by atoms with Crippen molar-refractivity contribution in [3.63, 3.8) is 0 Å². The van der Waals surface area contributed by atoms with Crippen LogP contribution in [0.3, 0.4) is 0 Å². The Kier molecular flexibility index (Phi) is 5.62. The van der Waals surface area contributed by atoms with Crippen molar-refractivity contribution in [1.29, 1.82) is 0 Å². The lowest BCUT2D eigenvalue weighted by Gasteiger charge is -2.20. The number of ether oxygens (including phenoxy) is 1. The molecular formula is C18H22N4O4. The van der Waals surface area contributed by atoms with Gasteiger partial charge in [0.2, 0.25) is 11.8 Å². The molecule has 0 spiro atoms. The van der Waals surface area contributed by atoms with Crippen molar-refractivity contribution >= 4 is 11.8 Å². The quantitative estimate of drug-likeness (QED) is 0.739. The SMILES string of the molecule is COCCN1C[C@H](C(=O)N(C)Cc2cc(-c3cccnc3)no2)CC1=O. The first-order chi connectivity index (χ1) is 12.6. The molecule has 1 atom stereocenters. The van der Waals surface area contributed by atoms with E-state index in [2.05, 4.69) is 10.1 Å². The van der Waals surface area contributed by atoms with E-state index in [-0.39, 0.29) is 24.2 Å². The maximum absolute atomic E-state index is 12.6. The second-order valence-electron chi connectivity index (χ2n) is 6.35. The maximum atomic E-state index is 12.6. The number of carbonyl (C=O) groups is 2. The third-order valence-corrected chi connectivity index (χ3v) is 4.41. The largest absolute Gasteiger partial charge is 0.383 e. The molecular weight excluding hydrogens is 336 g/mol. The van der Waals surface area contributed by atoms with E-state index >= 15 is 0 Å². The van der Waals surface area contributed by atoms with Gasteiger partial charge in [0.25, 0.3) is 0 Å². The minimum atomic E-state index is -0.329. The summed E-state index contributed by atoms with van der Waals surface area (Å²) in [6.07, 6.45) is 3.63. The van der Waals surface area contributed by atoms with E-state index in [0.29, 0.717) is 37.7 Å². The Morgan fingerprint density at radius 2 is 2.35 bits per heavy atom. The van der Waals surface area contributed by atoms with Crippen molar-refractivity contribution in [3.05, 3.63) is 36.4 Å². The zero-order chi connectivity index (χ0) is 18.5. The summed E-state index contributed by atoms with van der Waals surface area (Å²) in [4.78, 5) is 31.9.